The van der Waals surface area contributed by atoms with Gasteiger partial charge in [0.2, 0.25) is 0 Å². The molecule has 2 atom stereocenters. The Balaban J connectivity index is 2.26. The van der Waals surface area contributed by atoms with Crippen molar-refractivity contribution in [3.63, 3.8) is 0 Å². The van der Waals surface area contributed by atoms with Crippen LogP contribution in [0.25, 0.3) is 0 Å². The average Bonchev–Trinajstić information content (AvgIpc) is 2.89. The third-order valence-corrected chi connectivity index (χ3v) is 5.56. The van der Waals surface area contributed by atoms with Gasteiger partial charge in [0.15, 0.2) is 9.84 Å². The summed E-state index contributed by atoms with van der Waals surface area (Å²) in [6, 6.07) is 8.22. The summed E-state index contributed by atoms with van der Waals surface area (Å²) in [6.07, 6.45) is 0.998. The van der Waals surface area contributed by atoms with Crippen LogP contribution < -0.4 is 10.9 Å². The molecule has 18 heavy (non-hydrogen) atoms. The first-order chi connectivity index (χ1) is 8.58. The molecule has 0 saturated carbocycles. The SMILES string of the molecule is CCc1ccc(C2CNNC2S(=O)(=O)CC)cc1. The smallest absolute Gasteiger partial charge is 0.167 e. The summed E-state index contributed by atoms with van der Waals surface area (Å²) in [5, 5.41) is -0.519. The van der Waals surface area contributed by atoms with Crippen LogP contribution in [0.1, 0.15) is 30.9 Å². The lowest BCUT2D eigenvalue weighted by molar-refractivity contribution is 0.554. The van der Waals surface area contributed by atoms with E-state index in [0.717, 1.165) is 12.0 Å². The van der Waals surface area contributed by atoms with Gasteiger partial charge < -0.3 is 0 Å². The molecule has 1 aliphatic heterocycles. The van der Waals surface area contributed by atoms with Gasteiger partial charge in [0, 0.05) is 18.2 Å². The number of hydrogen-bond acceptors (Lipinski definition) is 4. The van der Waals surface area contributed by atoms with E-state index in [1.165, 1.54) is 5.56 Å². The van der Waals surface area contributed by atoms with E-state index < -0.39 is 15.2 Å². The van der Waals surface area contributed by atoms with E-state index in [1.807, 2.05) is 12.1 Å². The molecule has 0 aromatic heterocycles. The van der Waals surface area contributed by atoms with Crippen LogP contribution in [0.2, 0.25) is 0 Å². The molecule has 0 aliphatic carbocycles. The molecule has 1 fully saturated rings. The number of benzene rings is 1. The molecular formula is C13H20N2O2S. The number of sulfone groups is 1. The van der Waals surface area contributed by atoms with Gasteiger partial charge in [0.1, 0.15) is 5.37 Å². The summed E-state index contributed by atoms with van der Waals surface area (Å²) in [6.45, 7) is 4.44. The Morgan fingerprint density at radius 2 is 1.89 bits per heavy atom. The second kappa shape index (κ2) is 5.38. The molecule has 2 rings (SSSR count). The van der Waals surface area contributed by atoms with Crippen LogP contribution in [0.3, 0.4) is 0 Å². The summed E-state index contributed by atoms with van der Waals surface area (Å²) in [4.78, 5) is 0. The molecule has 0 radical (unpaired) electrons. The molecular weight excluding hydrogens is 248 g/mol. The molecule has 100 valence electrons. The molecule has 0 spiro atoms. The summed E-state index contributed by atoms with van der Waals surface area (Å²) in [5.74, 6) is 0.149. The third kappa shape index (κ3) is 2.58. The predicted octanol–water partition coefficient (Wildman–Crippen LogP) is 1.20. The fourth-order valence-electron chi connectivity index (χ4n) is 2.29. The van der Waals surface area contributed by atoms with E-state index in [9.17, 15) is 8.42 Å². The first kappa shape index (κ1) is 13.5. The Hall–Kier alpha value is -0.910. The predicted molar refractivity (Wildman–Crippen MR) is 72.9 cm³/mol. The lowest BCUT2D eigenvalue weighted by atomic mass is 9.98. The summed E-state index contributed by atoms with van der Waals surface area (Å²) in [5.41, 5.74) is 8.19. The topological polar surface area (TPSA) is 58.2 Å². The lowest BCUT2D eigenvalue weighted by Gasteiger charge is -2.18. The van der Waals surface area contributed by atoms with E-state index in [-0.39, 0.29) is 11.7 Å². The zero-order valence-electron chi connectivity index (χ0n) is 10.8. The minimum absolute atomic E-state index is 0.0131. The number of rotatable bonds is 4. The minimum Gasteiger partial charge on any atom is -0.256 e. The van der Waals surface area contributed by atoms with Gasteiger partial charge in [-0.3, -0.25) is 5.43 Å². The summed E-state index contributed by atoms with van der Waals surface area (Å²) < 4.78 is 24.0. The molecule has 1 heterocycles. The molecule has 5 heteroatoms. The highest BCUT2D eigenvalue weighted by molar-refractivity contribution is 7.92. The Labute approximate surface area is 109 Å². The molecule has 1 aliphatic rings. The van der Waals surface area contributed by atoms with Crippen molar-refractivity contribution in [2.75, 3.05) is 12.3 Å². The van der Waals surface area contributed by atoms with Crippen LogP contribution >= 0.6 is 0 Å². The maximum absolute atomic E-state index is 12.0. The minimum atomic E-state index is -3.08. The third-order valence-electron chi connectivity index (χ3n) is 3.54. The van der Waals surface area contributed by atoms with Gasteiger partial charge in [0.25, 0.3) is 0 Å². The number of hydrazine groups is 1. The zero-order valence-corrected chi connectivity index (χ0v) is 11.6. The largest absolute Gasteiger partial charge is 0.256 e. The quantitative estimate of drug-likeness (QED) is 0.861. The van der Waals surface area contributed by atoms with Crippen molar-refractivity contribution >= 4 is 9.84 Å². The van der Waals surface area contributed by atoms with Gasteiger partial charge in [-0.15, -0.1) is 0 Å². The van der Waals surface area contributed by atoms with E-state index >= 15 is 0 Å². The van der Waals surface area contributed by atoms with Gasteiger partial charge in [-0.1, -0.05) is 38.1 Å². The van der Waals surface area contributed by atoms with Crippen molar-refractivity contribution in [3.05, 3.63) is 35.4 Å². The monoisotopic (exact) mass is 268 g/mol. The first-order valence-corrected chi connectivity index (χ1v) is 8.08. The number of nitrogens with one attached hydrogen (secondary N) is 2. The van der Waals surface area contributed by atoms with Crippen LogP contribution in [0, 0.1) is 0 Å². The standard InChI is InChI=1S/C13H20N2O2S/c1-3-10-5-7-11(8-6-10)12-9-14-15-13(12)18(16,17)4-2/h5-8,12-15H,3-4,9H2,1-2H3. The van der Waals surface area contributed by atoms with Crippen molar-refractivity contribution in [1.82, 2.24) is 10.9 Å². The highest BCUT2D eigenvalue weighted by Gasteiger charge is 2.36. The van der Waals surface area contributed by atoms with E-state index in [0.29, 0.717) is 6.54 Å². The maximum atomic E-state index is 12.0. The van der Waals surface area contributed by atoms with Crippen molar-refractivity contribution < 1.29 is 8.42 Å². The van der Waals surface area contributed by atoms with Crippen LogP contribution in [0.5, 0.6) is 0 Å². The van der Waals surface area contributed by atoms with E-state index in [1.54, 1.807) is 6.92 Å². The van der Waals surface area contributed by atoms with Crippen molar-refractivity contribution in [2.45, 2.75) is 31.6 Å². The Bertz CT molecular complexity index is 496. The summed E-state index contributed by atoms with van der Waals surface area (Å²) >= 11 is 0. The van der Waals surface area contributed by atoms with Gasteiger partial charge in [0.05, 0.1) is 0 Å². The molecule has 2 N–H and O–H groups in total. The van der Waals surface area contributed by atoms with Crippen LogP contribution in [0.15, 0.2) is 24.3 Å². The molecule has 2 unspecified atom stereocenters. The Morgan fingerprint density at radius 3 is 2.44 bits per heavy atom. The Kier molecular flexibility index (Phi) is 4.04. The highest BCUT2D eigenvalue weighted by atomic mass is 32.2. The van der Waals surface area contributed by atoms with Gasteiger partial charge in [-0.25, -0.2) is 13.8 Å². The second-order valence-corrected chi connectivity index (χ2v) is 7.01. The second-order valence-electron chi connectivity index (χ2n) is 4.60. The first-order valence-electron chi connectivity index (χ1n) is 6.37. The van der Waals surface area contributed by atoms with E-state index in [4.69, 9.17) is 0 Å². The molecule has 0 bridgehead atoms. The molecule has 0 amide bonds. The van der Waals surface area contributed by atoms with Crippen LogP contribution in [-0.2, 0) is 16.3 Å². The van der Waals surface area contributed by atoms with E-state index in [2.05, 4.69) is 29.9 Å². The number of aryl methyl sites for hydroxylation is 1. The fourth-order valence-corrected chi connectivity index (χ4v) is 3.67. The highest BCUT2D eigenvalue weighted by Crippen LogP contribution is 2.26. The van der Waals surface area contributed by atoms with Crippen LogP contribution in [-0.4, -0.2) is 26.1 Å². The zero-order chi connectivity index (χ0) is 13.2. The average molecular weight is 268 g/mol. The normalized spacial score (nSPS) is 24.3. The molecule has 4 nitrogen and oxygen atoms in total. The van der Waals surface area contributed by atoms with Gasteiger partial charge >= 0.3 is 0 Å². The van der Waals surface area contributed by atoms with Gasteiger partial charge in [-0.05, 0) is 17.5 Å². The van der Waals surface area contributed by atoms with Gasteiger partial charge in [-0.2, -0.15) is 0 Å². The Morgan fingerprint density at radius 1 is 1.22 bits per heavy atom. The van der Waals surface area contributed by atoms with Crippen LogP contribution in [0.4, 0.5) is 0 Å². The molecule has 1 aromatic rings. The lowest BCUT2D eigenvalue weighted by Crippen LogP contribution is -2.39. The van der Waals surface area contributed by atoms with Crippen molar-refractivity contribution in [2.24, 2.45) is 0 Å². The fraction of sp³-hybridized carbons (Fsp3) is 0.538. The molecule has 1 saturated heterocycles. The summed E-state index contributed by atoms with van der Waals surface area (Å²) in [7, 11) is -3.08. The van der Waals surface area contributed by atoms with Crippen molar-refractivity contribution in [3.8, 4) is 0 Å². The number of hydrogen-bond donors (Lipinski definition) is 2. The maximum Gasteiger partial charge on any atom is 0.167 e. The van der Waals surface area contributed by atoms with Crippen molar-refractivity contribution in [1.29, 1.82) is 0 Å². The molecule has 1 aromatic carbocycles.